The van der Waals surface area contributed by atoms with Gasteiger partial charge in [0.15, 0.2) is 0 Å². The molecule has 0 saturated carbocycles. The summed E-state index contributed by atoms with van der Waals surface area (Å²) in [6.07, 6.45) is 8.23. The van der Waals surface area contributed by atoms with Crippen LogP contribution in [0.4, 0.5) is 4.79 Å². The highest BCUT2D eigenvalue weighted by Gasteiger charge is 2.30. The summed E-state index contributed by atoms with van der Waals surface area (Å²) in [7, 11) is 0. The number of nitrogens with one attached hydrogen (secondary N) is 1. The molecule has 2 amide bonds. The van der Waals surface area contributed by atoms with Crippen LogP contribution in [0.1, 0.15) is 26.2 Å². The zero-order valence-corrected chi connectivity index (χ0v) is 13.8. The molecule has 124 valence electrons. The number of urea groups is 1. The van der Waals surface area contributed by atoms with Crippen LogP contribution < -0.4 is 5.32 Å². The lowest BCUT2D eigenvalue weighted by atomic mass is 10.1. The summed E-state index contributed by atoms with van der Waals surface area (Å²) in [4.78, 5) is 19.3. The lowest BCUT2D eigenvalue weighted by Crippen LogP contribution is -2.43. The third kappa shape index (κ3) is 4.02. The maximum Gasteiger partial charge on any atom is 0.317 e. The fourth-order valence-corrected chi connectivity index (χ4v) is 3.86. The molecule has 2 atom stereocenters. The Morgan fingerprint density at radius 1 is 1.23 bits per heavy atom. The normalized spacial score (nSPS) is 27.7. The van der Waals surface area contributed by atoms with Crippen LogP contribution in [0.25, 0.3) is 0 Å². The third-order valence-corrected chi connectivity index (χ3v) is 5.18. The SMILES string of the molecule is C[C@H](CNC(=O)N1CC[C@@H](N2CC=CC2)C1)CN1CCCC1. The third-order valence-electron chi connectivity index (χ3n) is 5.18. The molecule has 3 rings (SSSR count). The van der Waals surface area contributed by atoms with Crippen molar-refractivity contribution in [3.63, 3.8) is 0 Å². The number of carbonyl (C=O) groups excluding carboxylic acids is 1. The van der Waals surface area contributed by atoms with Gasteiger partial charge in [-0.3, -0.25) is 4.90 Å². The lowest BCUT2D eigenvalue weighted by Gasteiger charge is -2.25. The van der Waals surface area contributed by atoms with Crippen molar-refractivity contribution in [3.8, 4) is 0 Å². The molecular formula is C17H30N4O. The Bertz CT molecular complexity index is 397. The van der Waals surface area contributed by atoms with Crippen LogP contribution in [-0.4, -0.2) is 79.1 Å². The van der Waals surface area contributed by atoms with Crippen molar-refractivity contribution >= 4 is 6.03 Å². The molecule has 1 N–H and O–H groups in total. The first-order chi connectivity index (χ1) is 10.7. The summed E-state index contributed by atoms with van der Waals surface area (Å²) in [5.41, 5.74) is 0. The van der Waals surface area contributed by atoms with Crippen LogP contribution in [-0.2, 0) is 0 Å². The van der Waals surface area contributed by atoms with Crippen LogP contribution >= 0.6 is 0 Å². The van der Waals surface area contributed by atoms with Crippen molar-refractivity contribution < 1.29 is 4.79 Å². The molecular weight excluding hydrogens is 276 g/mol. The van der Waals surface area contributed by atoms with Crippen molar-refractivity contribution in [1.82, 2.24) is 20.0 Å². The van der Waals surface area contributed by atoms with Crippen molar-refractivity contribution in [1.29, 1.82) is 0 Å². The minimum absolute atomic E-state index is 0.128. The van der Waals surface area contributed by atoms with Crippen molar-refractivity contribution in [2.75, 3.05) is 52.4 Å². The number of carbonyl (C=O) groups is 1. The highest BCUT2D eigenvalue weighted by atomic mass is 16.2. The van der Waals surface area contributed by atoms with Gasteiger partial charge in [-0.05, 0) is 38.3 Å². The van der Waals surface area contributed by atoms with Gasteiger partial charge in [0.2, 0.25) is 0 Å². The summed E-state index contributed by atoms with van der Waals surface area (Å²) in [6, 6.07) is 0.672. The second-order valence-electron chi connectivity index (χ2n) is 7.11. The number of rotatable bonds is 5. The van der Waals surface area contributed by atoms with Gasteiger partial charge in [-0.2, -0.15) is 0 Å². The van der Waals surface area contributed by atoms with Gasteiger partial charge >= 0.3 is 6.03 Å². The molecule has 3 heterocycles. The molecule has 0 aromatic heterocycles. The molecule has 0 aromatic rings. The van der Waals surface area contributed by atoms with Gasteiger partial charge in [-0.25, -0.2) is 4.79 Å². The van der Waals surface area contributed by atoms with Gasteiger partial charge in [-0.15, -0.1) is 0 Å². The number of amides is 2. The number of hydrogen-bond donors (Lipinski definition) is 1. The molecule has 5 nitrogen and oxygen atoms in total. The Hall–Kier alpha value is -1.07. The predicted octanol–water partition coefficient (Wildman–Crippen LogP) is 1.37. The molecule has 0 bridgehead atoms. The zero-order chi connectivity index (χ0) is 15.4. The van der Waals surface area contributed by atoms with Crippen molar-refractivity contribution in [3.05, 3.63) is 12.2 Å². The van der Waals surface area contributed by atoms with E-state index in [2.05, 4.69) is 34.2 Å². The Labute approximate surface area is 134 Å². The van der Waals surface area contributed by atoms with Crippen LogP contribution in [0, 0.1) is 5.92 Å². The summed E-state index contributed by atoms with van der Waals surface area (Å²) in [5, 5.41) is 3.14. The van der Waals surface area contributed by atoms with E-state index in [9.17, 15) is 4.79 Å². The molecule has 2 fully saturated rings. The Morgan fingerprint density at radius 2 is 1.95 bits per heavy atom. The van der Waals surface area contributed by atoms with E-state index in [0.29, 0.717) is 12.0 Å². The number of nitrogens with zero attached hydrogens (tertiary/aromatic N) is 3. The highest BCUT2D eigenvalue weighted by Crippen LogP contribution is 2.18. The quantitative estimate of drug-likeness (QED) is 0.780. The molecule has 0 aromatic carbocycles. The van der Waals surface area contributed by atoms with Gasteiger partial charge < -0.3 is 15.1 Å². The number of hydrogen-bond acceptors (Lipinski definition) is 3. The molecule has 0 unspecified atom stereocenters. The molecule has 0 aliphatic carbocycles. The summed E-state index contributed by atoms with van der Waals surface area (Å²) < 4.78 is 0. The first-order valence-electron chi connectivity index (χ1n) is 8.86. The van der Waals surface area contributed by atoms with E-state index >= 15 is 0 Å². The largest absolute Gasteiger partial charge is 0.338 e. The monoisotopic (exact) mass is 306 g/mol. The topological polar surface area (TPSA) is 38.8 Å². The van der Waals surface area contributed by atoms with E-state index in [1.54, 1.807) is 0 Å². The molecule has 0 radical (unpaired) electrons. The van der Waals surface area contributed by atoms with Crippen LogP contribution in [0.15, 0.2) is 12.2 Å². The molecule has 22 heavy (non-hydrogen) atoms. The second-order valence-corrected chi connectivity index (χ2v) is 7.11. The molecule has 5 heteroatoms. The molecule has 3 aliphatic heterocycles. The smallest absolute Gasteiger partial charge is 0.317 e. The van der Waals surface area contributed by atoms with E-state index in [-0.39, 0.29) is 6.03 Å². The fourth-order valence-electron chi connectivity index (χ4n) is 3.86. The summed E-state index contributed by atoms with van der Waals surface area (Å²) in [6.45, 7) is 10.5. The predicted molar refractivity (Wildman–Crippen MR) is 88.9 cm³/mol. The summed E-state index contributed by atoms with van der Waals surface area (Å²) in [5.74, 6) is 0.531. The Morgan fingerprint density at radius 3 is 2.68 bits per heavy atom. The van der Waals surface area contributed by atoms with Crippen LogP contribution in [0.5, 0.6) is 0 Å². The zero-order valence-electron chi connectivity index (χ0n) is 13.8. The standard InChI is InChI=1S/C17H30N4O/c1-15(13-19-7-2-3-8-19)12-18-17(22)21-11-6-16(14-21)20-9-4-5-10-20/h4-5,15-16H,2-3,6-14H2,1H3,(H,18,22)/t15-,16-/m1/s1. The van der Waals surface area contributed by atoms with Gasteiger partial charge in [0.1, 0.15) is 0 Å². The average Bonchev–Trinajstić information content (AvgIpc) is 3.23. The maximum absolute atomic E-state index is 12.3. The molecule has 2 saturated heterocycles. The second kappa shape index (κ2) is 7.47. The van der Waals surface area contributed by atoms with Crippen molar-refractivity contribution in [2.45, 2.75) is 32.2 Å². The Kier molecular flexibility index (Phi) is 5.37. The first-order valence-corrected chi connectivity index (χ1v) is 8.86. The van der Waals surface area contributed by atoms with Gasteiger partial charge in [0.05, 0.1) is 0 Å². The van der Waals surface area contributed by atoms with Gasteiger partial charge in [0, 0.05) is 45.3 Å². The fraction of sp³-hybridized carbons (Fsp3) is 0.824. The van der Waals surface area contributed by atoms with Gasteiger partial charge in [0.25, 0.3) is 0 Å². The maximum atomic E-state index is 12.3. The van der Waals surface area contributed by atoms with E-state index < -0.39 is 0 Å². The van der Waals surface area contributed by atoms with E-state index in [1.807, 2.05) is 4.90 Å². The van der Waals surface area contributed by atoms with Crippen molar-refractivity contribution in [2.24, 2.45) is 5.92 Å². The minimum Gasteiger partial charge on any atom is -0.338 e. The van der Waals surface area contributed by atoms with Crippen LogP contribution in [0.3, 0.4) is 0 Å². The van der Waals surface area contributed by atoms with E-state index in [4.69, 9.17) is 0 Å². The van der Waals surface area contributed by atoms with Gasteiger partial charge in [-0.1, -0.05) is 19.1 Å². The number of likely N-dealkylation sites (tertiary alicyclic amines) is 2. The average molecular weight is 306 g/mol. The lowest BCUT2D eigenvalue weighted by molar-refractivity contribution is 0.196. The van der Waals surface area contributed by atoms with E-state index in [0.717, 1.165) is 45.7 Å². The first kappa shape index (κ1) is 15.8. The molecule has 3 aliphatic rings. The highest BCUT2D eigenvalue weighted by molar-refractivity contribution is 5.74. The Balaban J connectivity index is 1.35. The van der Waals surface area contributed by atoms with Crippen LogP contribution in [0.2, 0.25) is 0 Å². The molecule has 0 spiro atoms. The summed E-state index contributed by atoms with van der Waals surface area (Å²) >= 11 is 0. The minimum atomic E-state index is 0.128. The van der Waals surface area contributed by atoms with E-state index in [1.165, 1.54) is 25.9 Å².